The van der Waals surface area contributed by atoms with E-state index < -0.39 is 0 Å². The molecule has 0 aromatic carbocycles. The maximum Gasteiger partial charge on any atom is 0.227 e. The minimum atomic E-state index is -0.302. The molecule has 0 aliphatic heterocycles. The van der Waals surface area contributed by atoms with Crippen molar-refractivity contribution in [3.05, 3.63) is 33.9 Å². The number of rotatable bonds is 9. The first kappa shape index (κ1) is 24.6. The lowest BCUT2D eigenvalue weighted by Gasteiger charge is -2.22. The van der Waals surface area contributed by atoms with Crippen molar-refractivity contribution in [1.29, 1.82) is 0 Å². The summed E-state index contributed by atoms with van der Waals surface area (Å²) < 4.78 is 3.61. The minimum Gasteiger partial charge on any atom is -0.354 e. The molecule has 0 spiro atoms. The molecule has 31 heavy (non-hydrogen) atoms. The molecule has 2 N–H and O–H groups in total. The van der Waals surface area contributed by atoms with Crippen molar-refractivity contribution in [2.45, 2.75) is 79.2 Å². The smallest absolute Gasteiger partial charge is 0.227 e. The van der Waals surface area contributed by atoms with Gasteiger partial charge < -0.3 is 10.6 Å². The van der Waals surface area contributed by atoms with Crippen molar-refractivity contribution in [3.8, 4) is 0 Å². The van der Waals surface area contributed by atoms with Crippen LogP contribution in [0.3, 0.4) is 0 Å². The number of carbonyl (C=O) groups excluding carboxylic acids is 2. The van der Waals surface area contributed by atoms with Gasteiger partial charge in [0.15, 0.2) is 0 Å². The fourth-order valence-electron chi connectivity index (χ4n) is 4.37. The average molecular weight is 431 g/mol. The van der Waals surface area contributed by atoms with Crippen LogP contribution in [0.25, 0.3) is 0 Å². The van der Waals surface area contributed by atoms with Crippen LogP contribution in [0.5, 0.6) is 0 Å². The Kier molecular flexibility index (Phi) is 8.03. The zero-order valence-corrected chi connectivity index (χ0v) is 20.5. The van der Waals surface area contributed by atoms with Gasteiger partial charge in [-0.3, -0.25) is 19.0 Å². The Bertz CT molecular complexity index is 943. The third kappa shape index (κ3) is 5.35. The van der Waals surface area contributed by atoms with E-state index in [2.05, 4.69) is 27.8 Å². The number of hydrogen-bond donors (Lipinski definition) is 2. The van der Waals surface area contributed by atoms with Crippen LogP contribution in [-0.2, 0) is 23.7 Å². The molecule has 0 bridgehead atoms. The van der Waals surface area contributed by atoms with Crippen molar-refractivity contribution in [1.82, 2.24) is 30.2 Å². The first-order valence-electron chi connectivity index (χ1n) is 11.1. The Morgan fingerprint density at radius 3 is 1.71 bits per heavy atom. The predicted molar refractivity (Wildman–Crippen MR) is 122 cm³/mol. The molecule has 2 amide bonds. The summed E-state index contributed by atoms with van der Waals surface area (Å²) in [4.78, 5) is 25.8. The number of hydrogen-bond acceptors (Lipinski definition) is 4. The lowest BCUT2D eigenvalue weighted by molar-refractivity contribution is -0.124. The second kappa shape index (κ2) is 10.1. The Balaban J connectivity index is 2.04. The van der Waals surface area contributed by atoms with E-state index in [4.69, 9.17) is 0 Å². The quantitative estimate of drug-likeness (QED) is 0.640. The highest BCUT2D eigenvalue weighted by atomic mass is 16.2. The van der Waals surface area contributed by atoms with Gasteiger partial charge in [-0.15, -0.1) is 0 Å². The Morgan fingerprint density at radius 2 is 1.32 bits per heavy atom. The summed E-state index contributed by atoms with van der Waals surface area (Å²) in [6.07, 6.45) is 1.71. The maximum atomic E-state index is 13.0. The van der Waals surface area contributed by atoms with Crippen LogP contribution in [0, 0.1) is 27.7 Å². The van der Waals surface area contributed by atoms with Gasteiger partial charge in [0.25, 0.3) is 0 Å². The highest BCUT2D eigenvalue weighted by Crippen LogP contribution is 2.24. The van der Waals surface area contributed by atoms with Gasteiger partial charge in [0.2, 0.25) is 11.8 Å². The van der Waals surface area contributed by atoms with E-state index in [0.717, 1.165) is 46.7 Å². The van der Waals surface area contributed by atoms with Crippen LogP contribution in [0.2, 0.25) is 0 Å². The summed E-state index contributed by atoms with van der Waals surface area (Å²) in [5.41, 5.74) is 5.67. The minimum absolute atomic E-state index is 0.0427. The van der Waals surface area contributed by atoms with Gasteiger partial charge in [-0.1, -0.05) is 13.3 Å². The molecule has 2 aromatic heterocycles. The maximum absolute atomic E-state index is 13.0. The van der Waals surface area contributed by atoms with E-state index in [0.29, 0.717) is 6.54 Å². The molecule has 8 nitrogen and oxygen atoms in total. The molecule has 0 fully saturated rings. The molecule has 0 aliphatic carbocycles. The molecule has 3 atom stereocenters. The molecule has 3 unspecified atom stereocenters. The Labute approximate surface area is 185 Å². The van der Waals surface area contributed by atoms with E-state index in [1.165, 1.54) is 0 Å². The summed E-state index contributed by atoms with van der Waals surface area (Å²) in [5.74, 6) is -0.699. The lowest BCUT2D eigenvalue weighted by Crippen LogP contribution is -2.45. The average Bonchev–Trinajstić information content (AvgIpc) is 3.11. The molecular formula is C23H38N6O2. The van der Waals surface area contributed by atoms with E-state index in [9.17, 15) is 9.59 Å². The molecule has 2 aromatic rings. The SMILES string of the molecule is CCCC(CNC(=O)C(C)c1c(C)nn(C)c1C)NC(=O)C(C)c1c(C)nn(C)c1C. The highest BCUT2D eigenvalue weighted by molar-refractivity contribution is 5.85. The fraction of sp³-hybridized carbons (Fsp3) is 0.652. The van der Waals surface area contributed by atoms with Gasteiger partial charge >= 0.3 is 0 Å². The number of nitrogens with one attached hydrogen (secondary N) is 2. The summed E-state index contributed by atoms with van der Waals surface area (Å²) in [5, 5.41) is 15.0. The van der Waals surface area contributed by atoms with Crippen LogP contribution in [0.4, 0.5) is 0 Å². The fourth-order valence-corrected chi connectivity index (χ4v) is 4.37. The van der Waals surface area contributed by atoms with Crippen molar-refractivity contribution in [2.24, 2.45) is 14.1 Å². The Morgan fingerprint density at radius 1 is 0.871 bits per heavy atom. The summed E-state index contributed by atoms with van der Waals surface area (Å²) in [7, 11) is 3.77. The van der Waals surface area contributed by atoms with Crippen molar-refractivity contribution in [3.63, 3.8) is 0 Å². The van der Waals surface area contributed by atoms with Crippen LogP contribution < -0.4 is 10.6 Å². The summed E-state index contributed by atoms with van der Waals surface area (Å²) in [6.45, 7) is 14.1. The standard InChI is InChI=1S/C23H38N6O2/c1-10-11-19(25-23(31)14(3)21-16(5)27-29(9)18(21)7)12-24-22(30)13(2)20-15(4)26-28(8)17(20)6/h13-14,19H,10-12H2,1-9H3,(H,24,30)(H,25,31). The van der Waals surface area contributed by atoms with Crippen LogP contribution >= 0.6 is 0 Å². The molecule has 0 radical (unpaired) electrons. The monoisotopic (exact) mass is 430 g/mol. The van der Waals surface area contributed by atoms with Gasteiger partial charge in [0.05, 0.1) is 23.2 Å². The number of carbonyl (C=O) groups is 2. The van der Waals surface area contributed by atoms with Gasteiger partial charge in [-0.2, -0.15) is 10.2 Å². The van der Waals surface area contributed by atoms with Gasteiger partial charge in [0, 0.05) is 49.2 Å². The number of aromatic nitrogens is 4. The van der Waals surface area contributed by atoms with Crippen molar-refractivity contribution in [2.75, 3.05) is 6.54 Å². The summed E-state index contributed by atoms with van der Waals surface area (Å²) >= 11 is 0. The topological polar surface area (TPSA) is 93.8 Å². The first-order chi connectivity index (χ1) is 14.5. The highest BCUT2D eigenvalue weighted by Gasteiger charge is 2.26. The molecular weight excluding hydrogens is 392 g/mol. The summed E-state index contributed by atoms with van der Waals surface area (Å²) in [6, 6.07) is -0.121. The van der Waals surface area contributed by atoms with Crippen molar-refractivity contribution < 1.29 is 9.59 Å². The number of nitrogens with zero attached hydrogens (tertiary/aromatic N) is 4. The molecule has 8 heteroatoms. The van der Waals surface area contributed by atoms with E-state index in [1.54, 1.807) is 4.68 Å². The normalized spacial score (nSPS) is 14.2. The van der Waals surface area contributed by atoms with Gasteiger partial charge in [-0.25, -0.2) is 0 Å². The van der Waals surface area contributed by atoms with Crippen molar-refractivity contribution >= 4 is 11.8 Å². The van der Waals surface area contributed by atoms with E-state index in [1.807, 2.05) is 60.3 Å². The van der Waals surface area contributed by atoms with E-state index >= 15 is 0 Å². The number of aryl methyl sites for hydroxylation is 4. The lowest BCUT2D eigenvalue weighted by atomic mass is 9.97. The van der Waals surface area contributed by atoms with Crippen LogP contribution in [-0.4, -0.2) is 44.0 Å². The third-order valence-corrected chi connectivity index (χ3v) is 6.29. The molecule has 2 rings (SSSR count). The molecule has 172 valence electrons. The van der Waals surface area contributed by atoms with Crippen LogP contribution in [0.15, 0.2) is 0 Å². The second-order valence-corrected chi connectivity index (χ2v) is 8.60. The molecule has 0 aliphatic rings. The predicted octanol–water partition coefficient (Wildman–Crippen LogP) is 2.70. The first-order valence-corrected chi connectivity index (χ1v) is 11.1. The number of amides is 2. The second-order valence-electron chi connectivity index (χ2n) is 8.60. The zero-order valence-electron chi connectivity index (χ0n) is 20.5. The Hall–Kier alpha value is -2.64. The molecule has 2 heterocycles. The third-order valence-electron chi connectivity index (χ3n) is 6.29. The van der Waals surface area contributed by atoms with Crippen LogP contribution in [0.1, 0.15) is 79.4 Å². The largest absolute Gasteiger partial charge is 0.354 e. The molecule has 0 saturated heterocycles. The molecule has 0 saturated carbocycles. The van der Waals surface area contributed by atoms with Gasteiger partial charge in [-0.05, 0) is 48.0 Å². The zero-order chi connectivity index (χ0) is 23.5. The van der Waals surface area contributed by atoms with Gasteiger partial charge in [0.1, 0.15) is 0 Å². The van der Waals surface area contributed by atoms with E-state index in [-0.39, 0.29) is 29.7 Å².